The molecule has 0 radical (unpaired) electrons. The molecule has 2 aromatic rings. The predicted octanol–water partition coefficient (Wildman–Crippen LogP) is 3.57. The van der Waals surface area contributed by atoms with Gasteiger partial charge in [-0.1, -0.05) is 24.3 Å². The number of thiazole rings is 1. The molecular weight excluding hydrogens is 298 g/mol. The summed E-state index contributed by atoms with van der Waals surface area (Å²) in [5, 5.41) is 2.45. The fourth-order valence-electron chi connectivity index (χ4n) is 1.74. The largest absolute Gasteiger partial charge is 0.298 e. The number of nitrogens with one attached hydrogen (secondary N) is 1. The Hall–Kier alpha value is -2.15. The van der Waals surface area contributed by atoms with Gasteiger partial charge in [-0.05, 0) is 19.1 Å². The SMILES string of the molecule is CCC(=O)c1sc(NC(=O)c2c(F)cccc2F)nc1C. The molecule has 0 atom stereocenters. The average molecular weight is 310 g/mol. The fraction of sp³-hybridized carbons (Fsp3) is 0.214. The van der Waals surface area contributed by atoms with Crippen molar-refractivity contribution in [3.8, 4) is 0 Å². The van der Waals surface area contributed by atoms with Crippen LogP contribution in [-0.4, -0.2) is 16.7 Å². The summed E-state index contributed by atoms with van der Waals surface area (Å²) in [7, 11) is 0. The highest BCUT2D eigenvalue weighted by Gasteiger charge is 2.20. The third-order valence-electron chi connectivity index (χ3n) is 2.78. The Morgan fingerprint density at radius 2 is 1.90 bits per heavy atom. The lowest BCUT2D eigenvalue weighted by Crippen LogP contribution is -2.15. The van der Waals surface area contributed by atoms with Crippen molar-refractivity contribution >= 4 is 28.2 Å². The van der Waals surface area contributed by atoms with Gasteiger partial charge in [0.1, 0.15) is 17.2 Å². The second-order valence-corrected chi connectivity index (χ2v) is 5.26. The third-order valence-corrected chi connectivity index (χ3v) is 3.90. The average Bonchev–Trinajstić information content (AvgIpc) is 2.78. The number of anilines is 1. The Bertz CT molecular complexity index is 693. The maximum Gasteiger partial charge on any atom is 0.263 e. The summed E-state index contributed by atoms with van der Waals surface area (Å²) in [6.45, 7) is 3.35. The lowest BCUT2D eigenvalue weighted by Gasteiger charge is -2.04. The van der Waals surface area contributed by atoms with Gasteiger partial charge in [0.2, 0.25) is 0 Å². The fourth-order valence-corrected chi connectivity index (χ4v) is 2.71. The molecule has 0 spiro atoms. The minimum atomic E-state index is -0.953. The number of aryl methyl sites for hydroxylation is 1. The molecule has 0 aliphatic heterocycles. The topological polar surface area (TPSA) is 59.1 Å². The molecule has 0 saturated carbocycles. The molecule has 1 heterocycles. The zero-order valence-corrected chi connectivity index (χ0v) is 12.2. The highest BCUT2D eigenvalue weighted by molar-refractivity contribution is 7.17. The first-order valence-corrected chi connectivity index (χ1v) is 7.01. The van der Waals surface area contributed by atoms with E-state index in [1.54, 1.807) is 13.8 Å². The van der Waals surface area contributed by atoms with E-state index >= 15 is 0 Å². The number of carbonyl (C=O) groups is 2. The number of hydrogen-bond donors (Lipinski definition) is 1. The molecule has 0 bridgehead atoms. The van der Waals surface area contributed by atoms with E-state index in [4.69, 9.17) is 0 Å². The maximum absolute atomic E-state index is 13.5. The van der Waals surface area contributed by atoms with Gasteiger partial charge in [-0.15, -0.1) is 0 Å². The second kappa shape index (κ2) is 6.09. The van der Waals surface area contributed by atoms with Crippen LogP contribution in [0.4, 0.5) is 13.9 Å². The zero-order valence-electron chi connectivity index (χ0n) is 11.4. The van der Waals surface area contributed by atoms with Crippen LogP contribution in [0.3, 0.4) is 0 Å². The predicted molar refractivity (Wildman–Crippen MR) is 75.8 cm³/mol. The van der Waals surface area contributed by atoms with Crippen molar-refractivity contribution in [3.05, 3.63) is 46.0 Å². The number of benzene rings is 1. The van der Waals surface area contributed by atoms with Crippen molar-refractivity contribution in [1.29, 1.82) is 0 Å². The van der Waals surface area contributed by atoms with Gasteiger partial charge < -0.3 is 0 Å². The van der Waals surface area contributed by atoms with Gasteiger partial charge >= 0.3 is 0 Å². The van der Waals surface area contributed by atoms with Crippen molar-refractivity contribution in [1.82, 2.24) is 4.98 Å². The van der Waals surface area contributed by atoms with Gasteiger partial charge in [-0.3, -0.25) is 14.9 Å². The van der Waals surface area contributed by atoms with E-state index in [0.717, 1.165) is 23.5 Å². The van der Waals surface area contributed by atoms with Crippen molar-refractivity contribution in [2.75, 3.05) is 5.32 Å². The standard InChI is InChI=1S/C14H12F2N2O2S/c1-3-10(19)12-7(2)17-14(21-12)18-13(20)11-8(15)5-4-6-9(11)16/h4-6H,3H2,1-2H3,(H,17,18,20). The Balaban J connectivity index is 2.26. The van der Waals surface area contributed by atoms with E-state index in [-0.39, 0.29) is 10.9 Å². The first kappa shape index (κ1) is 15.2. The number of ketones is 1. The van der Waals surface area contributed by atoms with Crippen LogP contribution in [0.2, 0.25) is 0 Å². The number of hydrogen-bond acceptors (Lipinski definition) is 4. The smallest absolute Gasteiger partial charge is 0.263 e. The van der Waals surface area contributed by atoms with Crippen molar-refractivity contribution in [3.63, 3.8) is 0 Å². The molecule has 0 fully saturated rings. The quantitative estimate of drug-likeness (QED) is 0.878. The summed E-state index contributed by atoms with van der Waals surface area (Å²) >= 11 is 0.989. The molecule has 4 nitrogen and oxygen atoms in total. The van der Waals surface area contributed by atoms with Crippen LogP contribution >= 0.6 is 11.3 Å². The molecule has 1 amide bonds. The highest BCUT2D eigenvalue weighted by Crippen LogP contribution is 2.25. The van der Waals surface area contributed by atoms with E-state index in [1.165, 1.54) is 6.07 Å². The second-order valence-electron chi connectivity index (χ2n) is 4.26. The Morgan fingerprint density at radius 1 is 1.29 bits per heavy atom. The monoisotopic (exact) mass is 310 g/mol. The number of Topliss-reactive ketones (excluding diaryl/α,β-unsaturated/α-hetero) is 1. The minimum Gasteiger partial charge on any atom is -0.298 e. The number of rotatable bonds is 4. The highest BCUT2D eigenvalue weighted by atomic mass is 32.1. The molecule has 1 N–H and O–H groups in total. The first-order chi connectivity index (χ1) is 9.93. The Kier molecular flexibility index (Phi) is 4.42. The number of carbonyl (C=O) groups excluding carboxylic acids is 2. The number of aromatic nitrogens is 1. The summed E-state index contributed by atoms with van der Waals surface area (Å²) in [5.74, 6) is -2.94. The van der Waals surface area contributed by atoms with Crippen LogP contribution in [-0.2, 0) is 0 Å². The lowest BCUT2D eigenvalue weighted by molar-refractivity contribution is 0.0988. The molecule has 0 unspecified atom stereocenters. The summed E-state index contributed by atoms with van der Waals surface area (Å²) < 4.78 is 27.0. The van der Waals surface area contributed by atoms with Gasteiger partial charge in [0.05, 0.1) is 10.6 Å². The van der Waals surface area contributed by atoms with Crippen molar-refractivity contribution in [2.45, 2.75) is 20.3 Å². The summed E-state index contributed by atoms with van der Waals surface area (Å²) in [5.41, 5.74) is -0.190. The number of nitrogens with zero attached hydrogens (tertiary/aromatic N) is 1. The molecule has 2 rings (SSSR count). The van der Waals surface area contributed by atoms with Crippen LogP contribution in [0.25, 0.3) is 0 Å². The molecule has 7 heteroatoms. The van der Waals surface area contributed by atoms with Crippen LogP contribution in [0.5, 0.6) is 0 Å². The van der Waals surface area contributed by atoms with Crippen molar-refractivity contribution in [2.24, 2.45) is 0 Å². The minimum absolute atomic E-state index is 0.0948. The van der Waals surface area contributed by atoms with E-state index in [0.29, 0.717) is 17.0 Å². The van der Waals surface area contributed by atoms with Crippen LogP contribution in [0.15, 0.2) is 18.2 Å². The Morgan fingerprint density at radius 3 is 2.48 bits per heavy atom. The van der Waals surface area contributed by atoms with Gasteiger partial charge in [0.25, 0.3) is 5.91 Å². The number of halogens is 2. The maximum atomic E-state index is 13.5. The molecule has 1 aromatic carbocycles. The molecule has 0 saturated heterocycles. The molecule has 110 valence electrons. The number of amides is 1. The third kappa shape index (κ3) is 3.13. The zero-order chi connectivity index (χ0) is 15.6. The first-order valence-electron chi connectivity index (χ1n) is 6.20. The van der Waals surface area contributed by atoms with Gasteiger partial charge in [0, 0.05) is 6.42 Å². The van der Waals surface area contributed by atoms with Crippen LogP contribution in [0.1, 0.15) is 39.1 Å². The van der Waals surface area contributed by atoms with E-state index in [2.05, 4.69) is 10.3 Å². The molecule has 21 heavy (non-hydrogen) atoms. The van der Waals surface area contributed by atoms with Crippen LogP contribution in [0, 0.1) is 18.6 Å². The lowest BCUT2D eigenvalue weighted by atomic mass is 10.2. The van der Waals surface area contributed by atoms with Gasteiger partial charge in [0.15, 0.2) is 10.9 Å². The Labute approximate surface area is 123 Å². The molecular formula is C14H12F2N2O2S. The van der Waals surface area contributed by atoms with E-state index in [9.17, 15) is 18.4 Å². The summed E-state index contributed by atoms with van der Waals surface area (Å²) in [4.78, 5) is 28.0. The van der Waals surface area contributed by atoms with Crippen LogP contribution < -0.4 is 5.32 Å². The summed E-state index contributed by atoms with van der Waals surface area (Å²) in [6.07, 6.45) is 0.318. The van der Waals surface area contributed by atoms with Crippen molar-refractivity contribution < 1.29 is 18.4 Å². The molecule has 1 aromatic heterocycles. The van der Waals surface area contributed by atoms with Gasteiger partial charge in [-0.2, -0.15) is 0 Å². The van der Waals surface area contributed by atoms with E-state index < -0.39 is 23.1 Å². The van der Waals surface area contributed by atoms with E-state index in [1.807, 2.05) is 0 Å². The molecule has 0 aliphatic rings. The van der Waals surface area contributed by atoms with Gasteiger partial charge in [-0.25, -0.2) is 13.8 Å². The normalized spacial score (nSPS) is 10.5. The summed E-state index contributed by atoms with van der Waals surface area (Å²) in [6, 6.07) is 3.17. The molecule has 0 aliphatic carbocycles.